The first-order valence-corrected chi connectivity index (χ1v) is 18.2. The fourth-order valence-electron chi connectivity index (χ4n) is 6.26. The van der Waals surface area contributed by atoms with Gasteiger partial charge in [-0.25, -0.2) is 8.42 Å². The maximum absolute atomic E-state index is 12.6. The third kappa shape index (κ3) is 6.86. The summed E-state index contributed by atoms with van der Waals surface area (Å²) in [5, 5.41) is 3.32. The molecular formula is C35H24KNO12S2. The van der Waals surface area contributed by atoms with Crippen LogP contribution in [0.1, 0.15) is 17.7 Å². The predicted molar refractivity (Wildman–Crippen MR) is 183 cm³/mol. The molecule has 0 radical (unpaired) electrons. The molecule has 8 rings (SSSR count). The maximum atomic E-state index is 12.6. The number of methoxy groups -OCH3 is 1. The van der Waals surface area contributed by atoms with Crippen molar-refractivity contribution in [3.63, 3.8) is 0 Å². The largest absolute Gasteiger partial charge is 1.00 e. The van der Waals surface area contributed by atoms with Crippen LogP contribution in [0.2, 0.25) is 0 Å². The summed E-state index contributed by atoms with van der Waals surface area (Å²) in [6, 6.07) is 21.1. The van der Waals surface area contributed by atoms with E-state index in [1.165, 1.54) is 19.3 Å². The van der Waals surface area contributed by atoms with Crippen molar-refractivity contribution in [3.05, 3.63) is 102 Å². The van der Waals surface area contributed by atoms with E-state index in [0.29, 0.717) is 38.5 Å². The van der Waals surface area contributed by atoms with E-state index in [9.17, 15) is 30.7 Å². The molecule has 0 atom stereocenters. The molecule has 1 aliphatic rings. The van der Waals surface area contributed by atoms with Crippen LogP contribution in [-0.4, -0.2) is 44.9 Å². The summed E-state index contributed by atoms with van der Waals surface area (Å²) >= 11 is 0. The number of nitrogens with zero attached hydrogens (tertiary/aromatic N) is 1. The third-order valence-electron chi connectivity index (χ3n) is 8.37. The number of hydrogen-bond donors (Lipinski definition) is 1. The van der Waals surface area contributed by atoms with Crippen molar-refractivity contribution in [2.75, 3.05) is 17.9 Å². The van der Waals surface area contributed by atoms with Crippen molar-refractivity contribution in [3.8, 4) is 5.75 Å². The third-order valence-corrected chi connectivity index (χ3v) is 9.59. The molecule has 254 valence electrons. The Balaban J connectivity index is 0.00000406. The molecule has 1 N–H and O–H groups in total. The molecule has 4 heterocycles. The van der Waals surface area contributed by atoms with Crippen LogP contribution < -0.4 is 61.0 Å². The quantitative estimate of drug-likeness (QED) is 0.134. The van der Waals surface area contributed by atoms with E-state index in [4.69, 9.17) is 22.7 Å². The van der Waals surface area contributed by atoms with E-state index < -0.39 is 44.3 Å². The Bertz CT molecular complexity index is 2850. The normalized spacial score (nSPS) is 14.5. The average molecular weight is 754 g/mol. The van der Waals surface area contributed by atoms with Gasteiger partial charge in [-0.15, -0.1) is 0 Å². The van der Waals surface area contributed by atoms with Crippen LogP contribution in [0.5, 0.6) is 5.75 Å². The first-order valence-electron chi connectivity index (χ1n) is 15.0. The number of carbonyl (C=O) groups is 1. The molecule has 0 bridgehead atoms. The summed E-state index contributed by atoms with van der Waals surface area (Å²) < 4.78 is 99.7. The summed E-state index contributed by atoms with van der Waals surface area (Å²) in [7, 11) is -8.28. The second-order valence-electron chi connectivity index (χ2n) is 11.7. The monoisotopic (exact) mass is 753 g/mol. The molecule has 0 unspecified atom stereocenters. The number of fused-ring (bicyclic) bond motifs is 8. The minimum absolute atomic E-state index is 0. The Morgan fingerprint density at radius 2 is 1.41 bits per heavy atom. The van der Waals surface area contributed by atoms with Gasteiger partial charge < -0.3 is 27.3 Å². The zero-order chi connectivity index (χ0) is 34.9. The number of allylic oxidation sites excluding steroid dienone is 1. The number of ether oxygens (including phenoxy) is 2. The summed E-state index contributed by atoms with van der Waals surface area (Å²) in [4.78, 5) is 13.7. The van der Waals surface area contributed by atoms with Crippen LogP contribution in [-0.2, 0) is 35.5 Å². The number of furan rings is 3. The number of carbonyl (C=O) groups excluding carboxylic acids is 1. The SMILES string of the molecule is COC(=O)CC(=C/c1oc2cc3c(cc2c1CS(=O)(=O)O)oc1ccccc13)/C=C1/Oc2cc3c(cc2N1CS(=O)(=O)[O-])oc1ccccc13.[K+]. The molecule has 0 saturated heterocycles. The maximum Gasteiger partial charge on any atom is 1.00 e. The van der Waals surface area contributed by atoms with E-state index in [1.807, 2.05) is 36.4 Å². The first-order chi connectivity index (χ1) is 23.8. The van der Waals surface area contributed by atoms with E-state index >= 15 is 0 Å². The fourth-order valence-corrected chi connectivity index (χ4v) is 7.51. The molecule has 0 spiro atoms. The van der Waals surface area contributed by atoms with Gasteiger partial charge in [-0.05, 0) is 42.0 Å². The molecule has 16 heteroatoms. The molecule has 0 fully saturated rings. The summed E-state index contributed by atoms with van der Waals surface area (Å²) in [6.45, 7) is 0. The van der Waals surface area contributed by atoms with Gasteiger partial charge in [0.05, 0.1) is 19.2 Å². The Kier molecular flexibility index (Phi) is 9.18. The van der Waals surface area contributed by atoms with Crippen LogP contribution in [0.25, 0.3) is 60.9 Å². The zero-order valence-electron chi connectivity index (χ0n) is 26.9. The van der Waals surface area contributed by atoms with Gasteiger partial charge in [-0.3, -0.25) is 14.2 Å². The number of anilines is 1. The van der Waals surface area contributed by atoms with E-state index in [-0.39, 0.29) is 91.2 Å². The van der Waals surface area contributed by atoms with E-state index in [1.54, 1.807) is 36.4 Å². The topological polar surface area (TPSA) is 190 Å². The molecule has 0 amide bonds. The Morgan fingerprint density at radius 3 is 2.04 bits per heavy atom. The molecule has 3 aromatic heterocycles. The van der Waals surface area contributed by atoms with Crippen molar-refractivity contribution >= 4 is 92.8 Å². The van der Waals surface area contributed by atoms with Crippen molar-refractivity contribution in [1.29, 1.82) is 0 Å². The van der Waals surface area contributed by atoms with Crippen molar-refractivity contribution in [2.24, 2.45) is 0 Å². The van der Waals surface area contributed by atoms with Crippen LogP contribution in [0.4, 0.5) is 5.69 Å². The van der Waals surface area contributed by atoms with Gasteiger partial charge in [0.25, 0.3) is 10.1 Å². The Morgan fingerprint density at radius 1 is 0.824 bits per heavy atom. The smallest absolute Gasteiger partial charge is 0.747 e. The number of para-hydroxylation sites is 2. The van der Waals surface area contributed by atoms with Gasteiger partial charge in [0.15, 0.2) is 5.75 Å². The number of benzene rings is 4. The van der Waals surface area contributed by atoms with Gasteiger partial charge in [-0.1, -0.05) is 36.4 Å². The van der Waals surface area contributed by atoms with Crippen LogP contribution in [0.15, 0.2) is 104 Å². The van der Waals surface area contributed by atoms with Crippen molar-refractivity contribution in [2.45, 2.75) is 12.2 Å². The number of rotatable bonds is 8. The molecule has 0 saturated carbocycles. The van der Waals surface area contributed by atoms with Gasteiger partial charge in [-0.2, -0.15) is 8.42 Å². The fraction of sp³-hybridized carbons (Fsp3) is 0.114. The molecule has 1 aliphatic heterocycles. The average Bonchev–Trinajstić information content (AvgIpc) is 3.78. The van der Waals surface area contributed by atoms with E-state index in [2.05, 4.69) is 0 Å². The summed E-state index contributed by atoms with van der Waals surface area (Å²) in [5.41, 5.74) is 2.79. The molecule has 0 aliphatic carbocycles. The molecule has 7 aromatic rings. The first kappa shape index (κ1) is 35.4. The van der Waals surface area contributed by atoms with Crippen LogP contribution in [0, 0.1) is 0 Å². The van der Waals surface area contributed by atoms with Crippen LogP contribution >= 0.6 is 0 Å². The number of esters is 1. The van der Waals surface area contributed by atoms with Gasteiger partial charge in [0.1, 0.15) is 55.4 Å². The van der Waals surface area contributed by atoms with Crippen molar-refractivity contribution < 1.29 is 105 Å². The van der Waals surface area contributed by atoms with Gasteiger partial charge in [0, 0.05) is 44.6 Å². The number of hydrogen-bond acceptors (Lipinski definition) is 12. The molecule has 51 heavy (non-hydrogen) atoms. The Labute approximate surface area is 332 Å². The Hall–Kier alpha value is -3.97. The summed E-state index contributed by atoms with van der Waals surface area (Å²) in [5.74, 6) is -2.48. The minimum Gasteiger partial charge on any atom is -0.747 e. The summed E-state index contributed by atoms with van der Waals surface area (Å²) in [6.07, 6.45) is 2.28. The standard InChI is InChI=1S/C35H25NO12S2.K/c1-44-35(37)12-19(10-29-25(17-49(38,39)40)24-14-30-22(13-31(24)47-29)20-6-2-4-8-27(20)45-30)11-34-36(18-50(41,42)43)26-16-32-23(15-33(26)48-34)21-7-3-5-9-28(21)46-32;/h2-11,13-16H,12,17-18H2,1H3,(H,38,39,40)(H,41,42,43);/q;+1/p-1/b19-10+,34-11+;. The van der Waals surface area contributed by atoms with Gasteiger partial charge >= 0.3 is 57.4 Å². The second kappa shape index (κ2) is 13.2. The minimum atomic E-state index is -4.87. The predicted octanol–water partition coefficient (Wildman–Crippen LogP) is 3.81. The van der Waals surface area contributed by atoms with Gasteiger partial charge in [0.2, 0.25) is 5.88 Å². The van der Waals surface area contributed by atoms with Crippen molar-refractivity contribution in [1.82, 2.24) is 0 Å². The molecule has 13 nitrogen and oxygen atoms in total. The second-order valence-corrected chi connectivity index (χ2v) is 14.5. The zero-order valence-corrected chi connectivity index (χ0v) is 31.7. The molecular weight excluding hydrogens is 730 g/mol. The van der Waals surface area contributed by atoms with E-state index in [0.717, 1.165) is 15.7 Å². The molecule has 4 aromatic carbocycles. The van der Waals surface area contributed by atoms with Crippen LogP contribution in [0.3, 0.4) is 0 Å².